The summed E-state index contributed by atoms with van der Waals surface area (Å²) in [6.07, 6.45) is 10.1. The first-order chi connectivity index (χ1) is 7.79. The topological polar surface area (TPSA) is 37.8 Å². The third kappa shape index (κ3) is 3.01. The molecule has 5 heteroatoms. The van der Waals surface area contributed by atoms with Gasteiger partial charge >= 0.3 is 0 Å². The van der Waals surface area contributed by atoms with Crippen LogP contribution in [0.25, 0.3) is 0 Å². The Morgan fingerprint density at radius 1 is 1.38 bits per heavy atom. The zero-order valence-electron chi connectivity index (χ0n) is 9.37. The van der Waals surface area contributed by atoms with Crippen molar-refractivity contribution in [2.75, 3.05) is 11.6 Å². The highest BCUT2D eigenvalue weighted by Gasteiger charge is 2.14. The molecule has 0 spiro atoms. The van der Waals surface area contributed by atoms with Crippen LogP contribution < -0.4 is 5.32 Å². The fourth-order valence-corrected chi connectivity index (χ4v) is 2.74. The summed E-state index contributed by atoms with van der Waals surface area (Å²) in [5.74, 6) is 0.709. The van der Waals surface area contributed by atoms with Crippen molar-refractivity contribution in [3.05, 3.63) is 11.2 Å². The van der Waals surface area contributed by atoms with Gasteiger partial charge in [0, 0.05) is 6.04 Å². The number of thioether (sulfide) groups is 1. The molecule has 0 saturated heterocycles. The standard InChI is InChI=1S/C11H16ClN3S/c1-16-10-9(12)7-13-11(15-10)14-8-5-3-2-4-6-8/h7-8H,2-6H2,1H3,(H,13,14,15). The predicted octanol–water partition coefficient (Wildman–Crippen LogP) is 3.60. The van der Waals surface area contributed by atoms with E-state index in [1.165, 1.54) is 32.1 Å². The first-order valence-corrected chi connectivity index (χ1v) is 7.23. The van der Waals surface area contributed by atoms with Crippen LogP contribution in [0.3, 0.4) is 0 Å². The van der Waals surface area contributed by atoms with Gasteiger partial charge in [0.1, 0.15) is 5.03 Å². The Balaban J connectivity index is 2.03. The first-order valence-electron chi connectivity index (χ1n) is 5.62. The molecule has 0 radical (unpaired) electrons. The number of nitrogens with zero attached hydrogens (tertiary/aromatic N) is 2. The molecule has 0 unspecified atom stereocenters. The largest absolute Gasteiger partial charge is 0.351 e. The van der Waals surface area contributed by atoms with Crippen LogP contribution in [0.5, 0.6) is 0 Å². The summed E-state index contributed by atoms with van der Waals surface area (Å²) in [7, 11) is 0. The van der Waals surface area contributed by atoms with Crippen LogP contribution in [0.4, 0.5) is 5.95 Å². The van der Waals surface area contributed by atoms with Crippen LogP contribution in [0.15, 0.2) is 11.2 Å². The fraction of sp³-hybridized carbons (Fsp3) is 0.636. The van der Waals surface area contributed by atoms with E-state index < -0.39 is 0 Å². The highest BCUT2D eigenvalue weighted by molar-refractivity contribution is 7.98. The third-order valence-electron chi connectivity index (χ3n) is 2.84. The number of nitrogens with one attached hydrogen (secondary N) is 1. The maximum Gasteiger partial charge on any atom is 0.224 e. The predicted molar refractivity (Wildman–Crippen MR) is 69.3 cm³/mol. The van der Waals surface area contributed by atoms with Gasteiger partial charge in [-0.2, -0.15) is 0 Å². The van der Waals surface area contributed by atoms with E-state index in [2.05, 4.69) is 15.3 Å². The van der Waals surface area contributed by atoms with Crippen LogP contribution in [-0.4, -0.2) is 22.3 Å². The van der Waals surface area contributed by atoms with Crippen molar-refractivity contribution in [1.29, 1.82) is 0 Å². The van der Waals surface area contributed by atoms with Crippen molar-refractivity contribution in [1.82, 2.24) is 9.97 Å². The molecule has 0 aromatic carbocycles. The summed E-state index contributed by atoms with van der Waals surface area (Å²) in [5, 5.41) is 4.86. The van der Waals surface area contributed by atoms with E-state index in [0.717, 1.165) is 5.03 Å². The molecule has 2 rings (SSSR count). The van der Waals surface area contributed by atoms with Crippen molar-refractivity contribution >= 4 is 29.3 Å². The van der Waals surface area contributed by atoms with Gasteiger partial charge in [-0.3, -0.25) is 0 Å². The molecule has 1 N–H and O–H groups in total. The van der Waals surface area contributed by atoms with E-state index in [1.807, 2.05) is 6.26 Å². The van der Waals surface area contributed by atoms with Gasteiger partial charge in [0.05, 0.1) is 11.2 Å². The summed E-state index contributed by atoms with van der Waals surface area (Å²) in [6.45, 7) is 0. The maximum atomic E-state index is 5.97. The average Bonchev–Trinajstić information content (AvgIpc) is 2.33. The van der Waals surface area contributed by atoms with Gasteiger partial charge in [-0.25, -0.2) is 9.97 Å². The van der Waals surface area contributed by atoms with Crippen molar-refractivity contribution in [3.8, 4) is 0 Å². The van der Waals surface area contributed by atoms with E-state index in [4.69, 9.17) is 11.6 Å². The maximum absolute atomic E-state index is 5.97. The minimum absolute atomic E-state index is 0.532. The molecule has 0 bridgehead atoms. The van der Waals surface area contributed by atoms with Crippen LogP contribution in [0.1, 0.15) is 32.1 Å². The van der Waals surface area contributed by atoms with E-state index in [9.17, 15) is 0 Å². The average molecular weight is 258 g/mol. The lowest BCUT2D eigenvalue weighted by Gasteiger charge is -2.22. The Morgan fingerprint density at radius 3 is 2.81 bits per heavy atom. The first kappa shape index (κ1) is 12.0. The third-order valence-corrected chi connectivity index (χ3v) is 3.93. The SMILES string of the molecule is CSc1nc(NC2CCCCC2)ncc1Cl. The minimum Gasteiger partial charge on any atom is -0.351 e. The van der Waals surface area contributed by atoms with Crippen molar-refractivity contribution in [2.45, 2.75) is 43.2 Å². The number of anilines is 1. The lowest BCUT2D eigenvalue weighted by Crippen LogP contribution is -2.23. The minimum atomic E-state index is 0.532. The molecular formula is C11H16ClN3S. The van der Waals surface area contributed by atoms with Gasteiger partial charge in [-0.05, 0) is 19.1 Å². The summed E-state index contributed by atoms with van der Waals surface area (Å²) in [6, 6.07) is 0.532. The Hall–Kier alpha value is -0.480. The van der Waals surface area contributed by atoms with Gasteiger partial charge in [-0.1, -0.05) is 30.9 Å². The molecular weight excluding hydrogens is 242 g/mol. The Morgan fingerprint density at radius 2 is 2.12 bits per heavy atom. The van der Waals surface area contributed by atoms with Gasteiger partial charge in [0.15, 0.2) is 0 Å². The van der Waals surface area contributed by atoms with Crippen LogP contribution in [0, 0.1) is 0 Å². The van der Waals surface area contributed by atoms with E-state index in [0.29, 0.717) is 17.0 Å². The Kier molecular flexibility index (Phi) is 4.29. The zero-order chi connectivity index (χ0) is 11.4. The molecule has 0 atom stereocenters. The molecule has 0 aliphatic heterocycles. The lowest BCUT2D eigenvalue weighted by atomic mass is 9.96. The number of hydrogen-bond donors (Lipinski definition) is 1. The number of aromatic nitrogens is 2. The number of halogens is 1. The smallest absolute Gasteiger partial charge is 0.224 e. The molecule has 0 amide bonds. The van der Waals surface area contributed by atoms with Gasteiger partial charge in [0.25, 0.3) is 0 Å². The molecule has 1 aliphatic carbocycles. The van der Waals surface area contributed by atoms with Gasteiger partial charge in [-0.15, -0.1) is 11.8 Å². The second kappa shape index (κ2) is 5.73. The number of hydrogen-bond acceptors (Lipinski definition) is 4. The Labute approximate surface area is 105 Å². The van der Waals surface area contributed by atoms with Crippen molar-refractivity contribution in [3.63, 3.8) is 0 Å². The molecule has 88 valence electrons. The molecule has 1 aromatic rings. The molecule has 1 fully saturated rings. The van der Waals surface area contributed by atoms with E-state index in [-0.39, 0.29) is 0 Å². The van der Waals surface area contributed by atoms with E-state index >= 15 is 0 Å². The molecule has 1 heterocycles. The van der Waals surface area contributed by atoms with E-state index in [1.54, 1.807) is 18.0 Å². The lowest BCUT2D eigenvalue weighted by molar-refractivity contribution is 0.460. The van der Waals surface area contributed by atoms with Gasteiger partial charge < -0.3 is 5.32 Å². The normalized spacial score (nSPS) is 17.4. The molecule has 16 heavy (non-hydrogen) atoms. The molecule has 1 aromatic heterocycles. The van der Waals surface area contributed by atoms with Crippen LogP contribution >= 0.6 is 23.4 Å². The Bertz CT molecular complexity index is 353. The van der Waals surface area contributed by atoms with Crippen molar-refractivity contribution in [2.24, 2.45) is 0 Å². The van der Waals surface area contributed by atoms with Crippen molar-refractivity contribution < 1.29 is 0 Å². The second-order valence-electron chi connectivity index (χ2n) is 4.03. The quantitative estimate of drug-likeness (QED) is 0.663. The highest BCUT2D eigenvalue weighted by Crippen LogP contribution is 2.24. The summed E-state index contributed by atoms with van der Waals surface area (Å²) in [5.41, 5.74) is 0. The zero-order valence-corrected chi connectivity index (χ0v) is 10.9. The highest BCUT2D eigenvalue weighted by atomic mass is 35.5. The molecule has 1 aliphatic rings. The van der Waals surface area contributed by atoms with Gasteiger partial charge in [0.2, 0.25) is 5.95 Å². The van der Waals surface area contributed by atoms with Crippen LogP contribution in [-0.2, 0) is 0 Å². The summed E-state index contributed by atoms with van der Waals surface area (Å²) >= 11 is 7.51. The summed E-state index contributed by atoms with van der Waals surface area (Å²) in [4.78, 5) is 8.61. The number of rotatable bonds is 3. The molecule has 1 saturated carbocycles. The fourth-order valence-electron chi connectivity index (χ4n) is 1.99. The second-order valence-corrected chi connectivity index (χ2v) is 5.23. The molecule has 3 nitrogen and oxygen atoms in total. The van der Waals surface area contributed by atoms with Crippen LogP contribution in [0.2, 0.25) is 5.02 Å². The summed E-state index contributed by atoms with van der Waals surface area (Å²) < 4.78 is 0. The monoisotopic (exact) mass is 257 g/mol.